The number of rotatable bonds is 4. The molecular formula is C25H21N3O4S. The third-order valence-electron chi connectivity index (χ3n) is 5.93. The van der Waals surface area contributed by atoms with Gasteiger partial charge in [0.05, 0.1) is 22.7 Å². The monoisotopic (exact) mass is 459 g/mol. The number of nitrogens with zero attached hydrogens (tertiary/aromatic N) is 3. The van der Waals surface area contributed by atoms with Crippen LogP contribution < -0.4 is 4.90 Å². The van der Waals surface area contributed by atoms with Crippen molar-refractivity contribution in [1.29, 1.82) is 0 Å². The average Bonchev–Trinajstić information content (AvgIpc) is 3.34. The number of amides is 2. The van der Waals surface area contributed by atoms with Gasteiger partial charge in [-0.3, -0.25) is 19.7 Å². The molecule has 0 aliphatic carbocycles. The number of nitro benzene ring substituents is 1. The minimum absolute atomic E-state index is 0.0252. The molecule has 1 fully saturated rings. The van der Waals surface area contributed by atoms with E-state index in [1.165, 1.54) is 23.9 Å². The molecule has 0 saturated carbocycles. The summed E-state index contributed by atoms with van der Waals surface area (Å²) in [5.74, 6) is -0.237. The van der Waals surface area contributed by atoms with E-state index in [1.54, 1.807) is 29.2 Å². The van der Waals surface area contributed by atoms with Crippen molar-refractivity contribution >= 4 is 35.0 Å². The van der Waals surface area contributed by atoms with E-state index < -0.39 is 4.92 Å². The van der Waals surface area contributed by atoms with Gasteiger partial charge in [0.15, 0.2) is 0 Å². The Morgan fingerprint density at radius 2 is 1.76 bits per heavy atom. The maximum absolute atomic E-state index is 13.6. The van der Waals surface area contributed by atoms with Crippen LogP contribution in [0.3, 0.4) is 0 Å². The molecular weight excluding hydrogens is 438 g/mol. The Morgan fingerprint density at radius 3 is 2.55 bits per heavy atom. The molecule has 0 aromatic heterocycles. The zero-order valence-corrected chi connectivity index (χ0v) is 18.6. The van der Waals surface area contributed by atoms with Crippen LogP contribution in [0.4, 0.5) is 11.4 Å². The Kier molecular flexibility index (Phi) is 5.60. The highest BCUT2D eigenvalue weighted by Crippen LogP contribution is 2.42. The summed E-state index contributed by atoms with van der Waals surface area (Å²) in [6.07, 6.45) is 2.00. The van der Waals surface area contributed by atoms with Crippen LogP contribution in [0.1, 0.15) is 39.1 Å². The minimum atomic E-state index is -0.445. The van der Waals surface area contributed by atoms with Crippen LogP contribution in [0.2, 0.25) is 0 Å². The van der Waals surface area contributed by atoms with Crippen molar-refractivity contribution in [3.63, 3.8) is 0 Å². The number of anilines is 1. The van der Waals surface area contributed by atoms with Gasteiger partial charge in [0, 0.05) is 40.6 Å². The molecule has 8 heteroatoms. The largest absolute Gasteiger partial charge is 0.339 e. The van der Waals surface area contributed by atoms with E-state index in [0.29, 0.717) is 22.4 Å². The molecule has 1 saturated heterocycles. The standard InChI is InChI=1S/C25H21N3O4S/c29-24(26-12-3-4-13-26)18-10-11-23-21(15-18)27(16-17-6-5-7-19(14-17)28(31)32)25(30)20-8-1-2-9-22(20)33-23/h1-2,5-11,14-15H,3-4,12-13,16H2. The fraction of sp³-hybridized carbons (Fsp3) is 0.200. The second-order valence-corrected chi connectivity index (χ2v) is 9.18. The number of nitro groups is 1. The minimum Gasteiger partial charge on any atom is -0.339 e. The third kappa shape index (κ3) is 4.09. The zero-order valence-electron chi connectivity index (χ0n) is 17.8. The predicted molar refractivity (Wildman–Crippen MR) is 126 cm³/mol. The van der Waals surface area contributed by atoms with Gasteiger partial charge in [-0.2, -0.15) is 0 Å². The van der Waals surface area contributed by atoms with E-state index in [1.807, 2.05) is 35.2 Å². The first-order chi connectivity index (χ1) is 16.0. The number of benzene rings is 3. The maximum Gasteiger partial charge on any atom is 0.269 e. The van der Waals surface area contributed by atoms with Crippen molar-refractivity contribution in [2.24, 2.45) is 0 Å². The van der Waals surface area contributed by atoms with Crippen molar-refractivity contribution < 1.29 is 14.5 Å². The van der Waals surface area contributed by atoms with Crippen LogP contribution in [-0.2, 0) is 6.54 Å². The zero-order chi connectivity index (χ0) is 22.9. The molecule has 2 heterocycles. The molecule has 2 aliphatic heterocycles. The van der Waals surface area contributed by atoms with Gasteiger partial charge in [0.2, 0.25) is 0 Å². The molecule has 0 spiro atoms. The SMILES string of the molecule is O=C(c1ccc2c(c1)N(Cc1cccc([N+](=O)[O-])c1)C(=O)c1ccccc1S2)N1CCCC1. The number of likely N-dealkylation sites (tertiary alicyclic amines) is 1. The van der Waals surface area contributed by atoms with Gasteiger partial charge in [0.25, 0.3) is 17.5 Å². The highest BCUT2D eigenvalue weighted by atomic mass is 32.2. The van der Waals surface area contributed by atoms with Gasteiger partial charge in [-0.25, -0.2) is 0 Å². The molecule has 2 amide bonds. The Hall–Kier alpha value is -3.65. The van der Waals surface area contributed by atoms with Gasteiger partial charge in [-0.05, 0) is 48.7 Å². The first-order valence-electron chi connectivity index (χ1n) is 10.8. The molecule has 0 atom stereocenters. The Bertz CT molecular complexity index is 1270. The number of carbonyl (C=O) groups is 2. The number of fused-ring (bicyclic) bond motifs is 2. The summed E-state index contributed by atoms with van der Waals surface area (Å²) in [6.45, 7) is 1.64. The highest BCUT2D eigenvalue weighted by Gasteiger charge is 2.29. The van der Waals surface area contributed by atoms with Crippen molar-refractivity contribution in [1.82, 2.24) is 4.90 Å². The van der Waals surface area contributed by atoms with Crippen molar-refractivity contribution in [2.45, 2.75) is 29.2 Å². The predicted octanol–water partition coefficient (Wildman–Crippen LogP) is 5.14. The van der Waals surface area contributed by atoms with Crippen LogP contribution in [0.5, 0.6) is 0 Å². The molecule has 0 N–H and O–H groups in total. The first-order valence-corrected chi connectivity index (χ1v) is 11.6. The molecule has 0 bridgehead atoms. The molecule has 2 aliphatic rings. The van der Waals surface area contributed by atoms with Crippen LogP contribution in [-0.4, -0.2) is 34.7 Å². The highest BCUT2D eigenvalue weighted by molar-refractivity contribution is 7.99. The molecule has 0 unspecified atom stereocenters. The summed E-state index contributed by atoms with van der Waals surface area (Å²) in [7, 11) is 0. The lowest BCUT2D eigenvalue weighted by atomic mass is 10.1. The average molecular weight is 460 g/mol. The number of hydrogen-bond donors (Lipinski definition) is 0. The van der Waals surface area contributed by atoms with Gasteiger partial charge in [-0.15, -0.1) is 0 Å². The summed E-state index contributed by atoms with van der Waals surface area (Å²) in [6, 6.07) is 19.2. The fourth-order valence-corrected chi connectivity index (χ4v) is 5.32. The van der Waals surface area contributed by atoms with Gasteiger partial charge >= 0.3 is 0 Å². The Morgan fingerprint density at radius 1 is 0.970 bits per heavy atom. The van der Waals surface area contributed by atoms with Crippen LogP contribution in [0.15, 0.2) is 76.5 Å². The Balaban J connectivity index is 1.59. The van der Waals surface area contributed by atoms with Crippen LogP contribution in [0.25, 0.3) is 0 Å². The number of carbonyl (C=O) groups excluding carboxylic acids is 2. The van der Waals surface area contributed by atoms with E-state index in [-0.39, 0.29) is 24.0 Å². The van der Waals surface area contributed by atoms with Gasteiger partial charge in [-0.1, -0.05) is 36.0 Å². The normalized spacial score (nSPS) is 15.1. The molecule has 33 heavy (non-hydrogen) atoms. The summed E-state index contributed by atoms with van der Waals surface area (Å²) >= 11 is 1.49. The lowest BCUT2D eigenvalue weighted by molar-refractivity contribution is -0.384. The summed E-state index contributed by atoms with van der Waals surface area (Å²) in [4.78, 5) is 42.6. The van der Waals surface area contributed by atoms with E-state index >= 15 is 0 Å². The molecule has 3 aromatic carbocycles. The molecule has 5 rings (SSSR count). The maximum atomic E-state index is 13.6. The lowest BCUT2D eigenvalue weighted by Gasteiger charge is -2.24. The van der Waals surface area contributed by atoms with Crippen molar-refractivity contribution in [3.05, 3.63) is 93.5 Å². The smallest absolute Gasteiger partial charge is 0.269 e. The van der Waals surface area contributed by atoms with E-state index in [4.69, 9.17) is 0 Å². The van der Waals surface area contributed by atoms with E-state index in [9.17, 15) is 19.7 Å². The first kappa shape index (κ1) is 21.2. The van der Waals surface area contributed by atoms with Gasteiger partial charge in [0.1, 0.15) is 0 Å². The number of non-ortho nitro benzene ring substituents is 1. The molecule has 166 valence electrons. The molecule has 0 radical (unpaired) electrons. The fourth-order valence-electron chi connectivity index (χ4n) is 4.26. The number of hydrogen-bond acceptors (Lipinski definition) is 5. The topological polar surface area (TPSA) is 83.8 Å². The van der Waals surface area contributed by atoms with Crippen LogP contribution in [0, 0.1) is 10.1 Å². The lowest BCUT2D eigenvalue weighted by Crippen LogP contribution is -2.31. The summed E-state index contributed by atoms with van der Waals surface area (Å²) in [5.41, 5.74) is 2.36. The van der Waals surface area contributed by atoms with Crippen molar-refractivity contribution in [3.8, 4) is 0 Å². The Labute approximate surface area is 195 Å². The quantitative estimate of drug-likeness (QED) is 0.398. The second-order valence-electron chi connectivity index (χ2n) is 8.10. The molecule has 7 nitrogen and oxygen atoms in total. The second kappa shape index (κ2) is 8.71. The van der Waals surface area contributed by atoms with E-state index in [0.717, 1.165) is 35.7 Å². The third-order valence-corrected chi connectivity index (χ3v) is 7.08. The molecule has 3 aromatic rings. The summed E-state index contributed by atoms with van der Waals surface area (Å²) in [5, 5.41) is 11.3. The van der Waals surface area contributed by atoms with Crippen molar-refractivity contribution in [2.75, 3.05) is 18.0 Å². The van der Waals surface area contributed by atoms with Gasteiger partial charge < -0.3 is 9.80 Å². The van der Waals surface area contributed by atoms with Crippen LogP contribution >= 0.6 is 11.8 Å². The van der Waals surface area contributed by atoms with E-state index in [2.05, 4.69) is 0 Å². The summed E-state index contributed by atoms with van der Waals surface area (Å²) < 4.78 is 0.